The van der Waals surface area contributed by atoms with Crippen LogP contribution in [0.15, 0.2) is 66.7 Å². The molecule has 1 amide bonds. The fourth-order valence-electron chi connectivity index (χ4n) is 3.40. The average Bonchev–Trinajstić information content (AvgIpc) is 2.78. The van der Waals surface area contributed by atoms with Gasteiger partial charge in [0.05, 0.1) is 33.8 Å². The molecule has 0 saturated carbocycles. The highest BCUT2D eigenvalue weighted by molar-refractivity contribution is 5.80. The Balaban J connectivity index is 1.85. The molecule has 0 fully saturated rings. The van der Waals surface area contributed by atoms with Gasteiger partial charge >= 0.3 is 0 Å². The zero-order valence-electron chi connectivity index (χ0n) is 17.8. The van der Waals surface area contributed by atoms with E-state index in [9.17, 15) is 4.79 Å². The molecule has 5 nitrogen and oxygen atoms in total. The number of amides is 1. The Morgan fingerprint density at radius 2 is 1.40 bits per heavy atom. The Morgan fingerprint density at radius 1 is 0.833 bits per heavy atom. The maximum absolute atomic E-state index is 13.0. The van der Waals surface area contributed by atoms with Crippen LogP contribution in [0.2, 0.25) is 0 Å². The summed E-state index contributed by atoms with van der Waals surface area (Å²) in [6.45, 7) is 2.05. The molecule has 0 aromatic heterocycles. The van der Waals surface area contributed by atoms with Gasteiger partial charge in [-0.05, 0) is 35.7 Å². The van der Waals surface area contributed by atoms with Crippen LogP contribution in [0.3, 0.4) is 0 Å². The van der Waals surface area contributed by atoms with E-state index in [0.717, 1.165) is 16.7 Å². The van der Waals surface area contributed by atoms with Crippen LogP contribution in [0.5, 0.6) is 17.2 Å². The Bertz CT molecular complexity index is 959. The zero-order chi connectivity index (χ0) is 21.5. The fourth-order valence-corrected chi connectivity index (χ4v) is 3.40. The van der Waals surface area contributed by atoms with E-state index in [-0.39, 0.29) is 18.4 Å². The highest BCUT2D eigenvalue weighted by Crippen LogP contribution is 2.38. The molecule has 3 aromatic carbocycles. The zero-order valence-corrected chi connectivity index (χ0v) is 17.8. The molecule has 0 radical (unpaired) electrons. The number of aryl methyl sites for hydroxylation is 1. The monoisotopic (exact) mass is 405 g/mol. The number of carbonyl (C=O) groups is 1. The van der Waals surface area contributed by atoms with Crippen LogP contribution < -0.4 is 19.5 Å². The lowest BCUT2D eigenvalue weighted by molar-refractivity contribution is -0.120. The van der Waals surface area contributed by atoms with Crippen molar-refractivity contribution in [3.63, 3.8) is 0 Å². The van der Waals surface area contributed by atoms with Gasteiger partial charge in [-0.15, -0.1) is 0 Å². The van der Waals surface area contributed by atoms with Crippen molar-refractivity contribution in [2.45, 2.75) is 19.4 Å². The molecule has 0 aliphatic heterocycles. The summed E-state index contributed by atoms with van der Waals surface area (Å²) in [7, 11) is 4.67. The molecule has 0 spiro atoms. The van der Waals surface area contributed by atoms with Gasteiger partial charge in [0.1, 0.15) is 0 Å². The first-order chi connectivity index (χ1) is 14.5. The van der Waals surface area contributed by atoms with E-state index in [1.807, 2.05) is 49.4 Å². The largest absolute Gasteiger partial charge is 0.493 e. The first-order valence-electron chi connectivity index (χ1n) is 9.75. The average molecular weight is 405 g/mol. The predicted molar refractivity (Wildman–Crippen MR) is 117 cm³/mol. The maximum atomic E-state index is 13.0. The maximum Gasteiger partial charge on any atom is 0.225 e. The minimum atomic E-state index is -0.235. The first kappa shape index (κ1) is 21.2. The highest BCUT2D eigenvalue weighted by Gasteiger charge is 2.19. The van der Waals surface area contributed by atoms with Crippen molar-refractivity contribution in [1.82, 2.24) is 5.32 Å². The molecular formula is C25H27NO4. The van der Waals surface area contributed by atoms with Crippen LogP contribution in [0.25, 0.3) is 0 Å². The van der Waals surface area contributed by atoms with Crippen molar-refractivity contribution in [3.05, 3.63) is 89.0 Å². The van der Waals surface area contributed by atoms with E-state index in [0.29, 0.717) is 17.2 Å². The highest BCUT2D eigenvalue weighted by atomic mass is 16.5. The quantitative estimate of drug-likeness (QED) is 0.601. The van der Waals surface area contributed by atoms with Crippen molar-refractivity contribution in [3.8, 4) is 17.2 Å². The number of methoxy groups -OCH3 is 3. The Morgan fingerprint density at radius 3 is 1.93 bits per heavy atom. The van der Waals surface area contributed by atoms with E-state index in [1.54, 1.807) is 33.5 Å². The standard InChI is InChI=1S/C25H27NO4/c1-17-10-12-20(13-11-17)24(19-8-6-5-7-9-19)26-23(27)16-18-14-21(28-2)25(30-4)22(15-18)29-3/h5-15,24H,16H2,1-4H3,(H,26,27)/t24-/m0/s1. The summed E-state index contributed by atoms with van der Waals surface area (Å²) in [6.07, 6.45) is 0.186. The van der Waals surface area contributed by atoms with Gasteiger partial charge in [-0.3, -0.25) is 4.79 Å². The smallest absolute Gasteiger partial charge is 0.225 e. The van der Waals surface area contributed by atoms with Gasteiger partial charge in [-0.1, -0.05) is 60.2 Å². The third kappa shape index (κ3) is 4.92. The molecule has 156 valence electrons. The molecule has 0 bridgehead atoms. The summed E-state index contributed by atoms with van der Waals surface area (Å²) in [5, 5.41) is 3.17. The molecule has 1 N–H and O–H groups in total. The van der Waals surface area contributed by atoms with Crippen molar-refractivity contribution in [2.24, 2.45) is 0 Å². The van der Waals surface area contributed by atoms with Crippen molar-refractivity contribution >= 4 is 5.91 Å². The number of nitrogens with one attached hydrogen (secondary N) is 1. The number of carbonyl (C=O) groups excluding carboxylic acids is 1. The van der Waals surface area contributed by atoms with Crippen molar-refractivity contribution in [2.75, 3.05) is 21.3 Å². The minimum absolute atomic E-state index is 0.0984. The van der Waals surface area contributed by atoms with Gasteiger partial charge in [0, 0.05) is 0 Å². The third-order valence-corrected chi connectivity index (χ3v) is 4.94. The van der Waals surface area contributed by atoms with E-state index in [1.165, 1.54) is 5.56 Å². The topological polar surface area (TPSA) is 56.8 Å². The number of benzene rings is 3. The summed E-state index contributed by atoms with van der Waals surface area (Å²) < 4.78 is 16.1. The number of ether oxygens (including phenoxy) is 3. The molecule has 0 aliphatic carbocycles. The van der Waals surface area contributed by atoms with Crippen LogP contribution in [0.4, 0.5) is 0 Å². The van der Waals surface area contributed by atoms with Crippen LogP contribution in [0.1, 0.15) is 28.3 Å². The molecule has 3 aromatic rings. The van der Waals surface area contributed by atoms with Gasteiger partial charge < -0.3 is 19.5 Å². The Labute approximate surface area is 177 Å². The van der Waals surface area contributed by atoms with Crippen LogP contribution >= 0.6 is 0 Å². The SMILES string of the molecule is COc1cc(CC(=O)N[C@@H](c2ccccc2)c2ccc(C)cc2)cc(OC)c1OC. The molecule has 0 saturated heterocycles. The van der Waals surface area contributed by atoms with Crippen LogP contribution in [0, 0.1) is 6.92 Å². The molecule has 0 heterocycles. The number of rotatable bonds is 8. The van der Waals surface area contributed by atoms with Crippen molar-refractivity contribution in [1.29, 1.82) is 0 Å². The van der Waals surface area contributed by atoms with Gasteiger partial charge in [0.2, 0.25) is 11.7 Å². The Kier molecular flexibility index (Phi) is 6.96. The molecule has 0 aliphatic rings. The number of hydrogen-bond donors (Lipinski definition) is 1. The molecule has 3 rings (SSSR count). The van der Waals surface area contributed by atoms with Crippen molar-refractivity contribution < 1.29 is 19.0 Å². The van der Waals surface area contributed by atoms with E-state index >= 15 is 0 Å². The van der Waals surface area contributed by atoms with Gasteiger partial charge in [-0.25, -0.2) is 0 Å². The third-order valence-electron chi connectivity index (χ3n) is 4.94. The molecule has 0 unspecified atom stereocenters. The van der Waals surface area contributed by atoms with E-state index in [2.05, 4.69) is 17.4 Å². The minimum Gasteiger partial charge on any atom is -0.493 e. The first-order valence-corrected chi connectivity index (χ1v) is 9.75. The second kappa shape index (κ2) is 9.83. The van der Waals surface area contributed by atoms with Gasteiger partial charge in [0.15, 0.2) is 11.5 Å². The second-order valence-electron chi connectivity index (χ2n) is 7.03. The van der Waals surface area contributed by atoms with Crippen LogP contribution in [-0.4, -0.2) is 27.2 Å². The summed E-state index contributed by atoms with van der Waals surface area (Å²) in [5.41, 5.74) is 4.01. The molecule has 30 heavy (non-hydrogen) atoms. The lowest BCUT2D eigenvalue weighted by Gasteiger charge is -2.20. The van der Waals surface area contributed by atoms with Gasteiger partial charge in [-0.2, -0.15) is 0 Å². The number of hydrogen-bond acceptors (Lipinski definition) is 4. The fraction of sp³-hybridized carbons (Fsp3) is 0.240. The summed E-state index contributed by atoms with van der Waals surface area (Å²) in [5.74, 6) is 1.46. The Hall–Kier alpha value is -3.47. The molecule has 5 heteroatoms. The predicted octanol–water partition coefficient (Wildman–Crippen LogP) is 4.47. The summed E-state index contributed by atoms with van der Waals surface area (Å²) >= 11 is 0. The molecule has 1 atom stereocenters. The van der Waals surface area contributed by atoms with Crippen LogP contribution in [-0.2, 0) is 11.2 Å². The lowest BCUT2D eigenvalue weighted by atomic mass is 9.97. The second-order valence-corrected chi connectivity index (χ2v) is 7.03. The van der Waals surface area contributed by atoms with E-state index in [4.69, 9.17) is 14.2 Å². The normalized spacial score (nSPS) is 11.5. The summed E-state index contributed by atoms with van der Waals surface area (Å²) in [4.78, 5) is 13.0. The van der Waals surface area contributed by atoms with E-state index < -0.39 is 0 Å². The van der Waals surface area contributed by atoms with Gasteiger partial charge in [0.25, 0.3) is 0 Å². The molecular weight excluding hydrogens is 378 g/mol. The lowest BCUT2D eigenvalue weighted by Crippen LogP contribution is -2.30. The summed E-state index contributed by atoms with van der Waals surface area (Å²) in [6, 6.07) is 21.5.